The summed E-state index contributed by atoms with van der Waals surface area (Å²) < 4.78 is 1.88. The Morgan fingerprint density at radius 2 is 1.78 bits per heavy atom. The highest BCUT2D eigenvalue weighted by Crippen LogP contribution is 2.46. The molecule has 2 unspecified atom stereocenters. The SMILES string of the molecule is CN(C)C1C[C@@H]2CC(N(C)C(=O)c3cccc(Cn4cccn4)c3)C[C@@H]2C1. The normalized spacial score (nSPS) is 27.1. The fraction of sp³-hybridized carbons (Fsp3) is 0.545. The van der Waals surface area contributed by atoms with Gasteiger partial charge in [-0.25, -0.2) is 0 Å². The molecule has 0 radical (unpaired) electrons. The minimum atomic E-state index is 0.145. The van der Waals surface area contributed by atoms with E-state index in [1.54, 1.807) is 6.20 Å². The lowest BCUT2D eigenvalue weighted by molar-refractivity contribution is 0.0726. The zero-order chi connectivity index (χ0) is 19.0. The van der Waals surface area contributed by atoms with Gasteiger partial charge in [0, 0.05) is 37.1 Å². The summed E-state index contributed by atoms with van der Waals surface area (Å²) >= 11 is 0. The number of hydrogen-bond acceptors (Lipinski definition) is 3. The number of carbonyl (C=O) groups is 1. The predicted octanol–water partition coefficient (Wildman–Crippen LogP) is 3.12. The van der Waals surface area contributed by atoms with Crippen LogP contribution >= 0.6 is 0 Å². The highest BCUT2D eigenvalue weighted by Gasteiger charge is 2.44. The van der Waals surface area contributed by atoms with E-state index in [2.05, 4.69) is 30.2 Å². The van der Waals surface area contributed by atoms with Crippen LogP contribution in [-0.2, 0) is 6.54 Å². The van der Waals surface area contributed by atoms with E-state index in [0.717, 1.165) is 41.8 Å². The van der Waals surface area contributed by atoms with Crippen molar-refractivity contribution < 1.29 is 4.79 Å². The van der Waals surface area contributed by atoms with Gasteiger partial charge in [0.25, 0.3) is 5.91 Å². The van der Waals surface area contributed by atoms with Crippen LogP contribution in [0.4, 0.5) is 0 Å². The minimum Gasteiger partial charge on any atom is -0.339 e. The van der Waals surface area contributed by atoms with Crippen LogP contribution in [0.3, 0.4) is 0 Å². The number of aromatic nitrogens is 2. The van der Waals surface area contributed by atoms with Crippen molar-refractivity contribution in [3.8, 4) is 0 Å². The van der Waals surface area contributed by atoms with E-state index in [-0.39, 0.29) is 5.91 Å². The molecule has 0 saturated heterocycles. The van der Waals surface area contributed by atoms with Crippen molar-refractivity contribution in [1.29, 1.82) is 0 Å². The van der Waals surface area contributed by atoms with Crippen molar-refractivity contribution in [3.05, 3.63) is 53.9 Å². The summed E-state index contributed by atoms with van der Waals surface area (Å²) in [7, 11) is 6.36. The van der Waals surface area contributed by atoms with Crippen LogP contribution in [-0.4, -0.2) is 58.7 Å². The van der Waals surface area contributed by atoms with Gasteiger partial charge in [-0.2, -0.15) is 5.10 Å². The smallest absolute Gasteiger partial charge is 0.253 e. The molecule has 2 saturated carbocycles. The Morgan fingerprint density at radius 3 is 2.41 bits per heavy atom. The van der Waals surface area contributed by atoms with Gasteiger partial charge in [-0.15, -0.1) is 0 Å². The van der Waals surface area contributed by atoms with E-state index in [9.17, 15) is 4.79 Å². The topological polar surface area (TPSA) is 41.4 Å². The molecule has 4 rings (SSSR count). The third-order valence-corrected chi connectivity index (χ3v) is 6.64. The maximum absolute atomic E-state index is 13.1. The first-order chi connectivity index (χ1) is 13.0. The van der Waals surface area contributed by atoms with Crippen LogP contribution in [0.5, 0.6) is 0 Å². The average Bonchev–Trinajstić information content (AvgIpc) is 3.36. The average molecular weight is 367 g/mol. The molecule has 2 fully saturated rings. The molecular formula is C22H30N4O. The highest BCUT2D eigenvalue weighted by molar-refractivity contribution is 5.94. The van der Waals surface area contributed by atoms with E-state index in [4.69, 9.17) is 0 Å². The Bertz CT molecular complexity index is 771. The Hall–Kier alpha value is -2.14. The van der Waals surface area contributed by atoms with Crippen LogP contribution in [0.2, 0.25) is 0 Å². The fourth-order valence-corrected chi connectivity index (χ4v) is 5.04. The fourth-order valence-electron chi connectivity index (χ4n) is 5.04. The Labute approximate surface area is 162 Å². The number of carbonyl (C=O) groups excluding carboxylic acids is 1. The van der Waals surface area contributed by atoms with Crippen LogP contribution in [0.1, 0.15) is 41.6 Å². The molecular weight excluding hydrogens is 336 g/mol. The summed E-state index contributed by atoms with van der Waals surface area (Å²) in [6.07, 6.45) is 8.61. The van der Waals surface area contributed by atoms with Crippen molar-refractivity contribution in [3.63, 3.8) is 0 Å². The summed E-state index contributed by atoms with van der Waals surface area (Å²) in [4.78, 5) is 17.4. The van der Waals surface area contributed by atoms with E-state index in [1.165, 1.54) is 12.8 Å². The van der Waals surface area contributed by atoms with Crippen LogP contribution in [0.25, 0.3) is 0 Å². The molecule has 1 aromatic carbocycles. The van der Waals surface area contributed by atoms with Gasteiger partial charge in [0.1, 0.15) is 0 Å². The van der Waals surface area contributed by atoms with Crippen LogP contribution in [0, 0.1) is 11.8 Å². The monoisotopic (exact) mass is 366 g/mol. The number of fused-ring (bicyclic) bond motifs is 1. The van der Waals surface area contributed by atoms with Gasteiger partial charge in [0.05, 0.1) is 6.54 Å². The first-order valence-electron chi connectivity index (χ1n) is 10.0. The van der Waals surface area contributed by atoms with E-state index in [0.29, 0.717) is 12.6 Å². The minimum absolute atomic E-state index is 0.145. The molecule has 2 aliphatic carbocycles. The van der Waals surface area contributed by atoms with Gasteiger partial charge in [0.2, 0.25) is 0 Å². The van der Waals surface area contributed by atoms with Gasteiger partial charge in [-0.1, -0.05) is 12.1 Å². The second-order valence-corrected chi connectivity index (χ2v) is 8.55. The highest BCUT2D eigenvalue weighted by atomic mass is 16.2. The lowest BCUT2D eigenvalue weighted by atomic mass is 10.0. The van der Waals surface area contributed by atoms with Gasteiger partial charge in [-0.3, -0.25) is 9.48 Å². The second-order valence-electron chi connectivity index (χ2n) is 8.55. The first kappa shape index (κ1) is 18.2. The van der Waals surface area contributed by atoms with Gasteiger partial charge in [0.15, 0.2) is 0 Å². The molecule has 0 aliphatic heterocycles. The Morgan fingerprint density at radius 1 is 1.07 bits per heavy atom. The molecule has 4 atom stereocenters. The van der Waals surface area contributed by atoms with Crippen molar-refractivity contribution >= 4 is 5.91 Å². The lowest BCUT2D eigenvalue weighted by Gasteiger charge is -2.27. The molecule has 1 heterocycles. The second kappa shape index (κ2) is 7.47. The van der Waals surface area contributed by atoms with Crippen molar-refractivity contribution in [2.45, 2.75) is 44.3 Å². The molecule has 5 heteroatoms. The van der Waals surface area contributed by atoms with Crippen LogP contribution < -0.4 is 0 Å². The first-order valence-corrected chi connectivity index (χ1v) is 10.0. The number of nitrogens with zero attached hydrogens (tertiary/aromatic N) is 4. The zero-order valence-corrected chi connectivity index (χ0v) is 16.6. The van der Waals surface area contributed by atoms with Crippen molar-refractivity contribution in [2.75, 3.05) is 21.1 Å². The quantitative estimate of drug-likeness (QED) is 0.816. The Balaban J connectivity index is 1.40. The van der Waals surface area contributed by atoms with E-state index < -0.39 is 0 Å². The van der Waals surface area contributed by atoms with Crippen molar-refractivity contribution in [1.82, 2.24) is 19.6 Å². The number of benzene rings is 1. The van der Waals surface area contributed by atoms with Gasteiger partial charge in [-0.05, 0) is 75.4 Å². The summed E-state index contributed by atoms with van der Waals surface area (Å²) in [5.41, 5.74) is 1.89. The lowest BCUT2D eigenvalue weighted by Crippen LogP contribution is -2.36. The maximum atomic E-state index is 13.1. The summed E-state index contributed by atoms with van der Waals surface area (Å²) in [6.45, 7) is 0.692. The molecule has 5 nitrogen and oxygen atoms in total. The molecule has 2 aromatic rings. The molecule has 0 N–H and O–H groups in total. The third kappa shape index (κ3) is 3.79. The van der Waals surface area contributed by atoms with Gasteiger partial charge < -0.3 is 9.80 Å². The van der Waals surface area contributed by atoms with E-state index in [1.807, 2.05) is 47.1 Å². The molecule has 27 heavy (non-hydrogen) atoms. The largest absolute Gasteiger partial charge is 0.339 e. The summed E-state index contributed by atoms with van der Waals surface area (Å²) in [5, 5.41) is 4.25. The third-order valence-electron chi connectivity index (χ3n) is 6.64. The molecule has 0 spiro atoms. The molecule has 144 valence electrons. The molecule has 0 bridgehead atoms. The van der Waals surface area contributed by atoms with E-state index >= 15 is 0 Å². The number of rotatable bonds is 5. The van der Waals surface area contributed by atoms with Crippen LogP contribution in [0.15, 0.2) is 42.7 Å². The van der Waals surface area contributed by atoms with Crippen molar-refractivity contribution in [2.24, 2.45) is 11.8 Å². The standard InChI is InChI=1S/C22H30N4O/c1-24(2)20-11-18-13-21(14-19(18)12-20)25(3)22(27)17-7-4-6-16(10-17)15-26-9-5-8-23-26/h4-10,18-21H,11-15H2,1-3H3/t18-,19+,20?,21?. The van der Waals surface area contributed by atoms with Gasteiger partial charge >= 0.3 is 0 Å². The molecule has 1 amide bonds. The predicted molar refractivity (Wildman–Crippen MR) is 107 cm³/mol. The maximum Gasteiger partial charge on any atom is 0.253 e. The Kier molecular flexibility index (Phi) is 5.04. The molecule has 1 aromatic heterocycles. The number of hydrogen-bond donors (Lipinski definition) is 0. The summed E-state index contributed by atoms with van der Waals surface area (Å²) in [5.74, 6) is 1.71. The number of amides is 1. The molecule has 2 aliphatic rings. The summed E-state index contributed by atoms with van der Waals surface area (Å²) in [6, 6.07) is 11.0. The zero-order valence-electron chi connectivity index (χ0n) is 16.6.